The van der Waals surface area contributed by atoms with Crippen molar-refractivity contribution in [2.24, 2.45) is 7.05 Å². The van der Waals surface area contributed by atoms with Crippen molar-refractivity contribution in [2.45, 2.75) is 58.7 Å². The van der Waals surface area contributed by atoms with E-state index in [1.807, 2.05) is 36.1 Å². The van der Waals surface area contributed by atoms with Gasteiger partial charge in [-0.15, -0.1) is 0 Å². The summed E-state index contributed by atoms with van der Waals surface area (Å²) in [5.41, 5.74) is 2.47. The van der Waals surface area contributed by atoms with E-state index in [1.165, 1.54) is 17.0 Å². The second-order valence-electron chi connectivity index (χ2n) is 11.2. The molecule has 1 atom stereocenters. The number of nitrogens with zero attached hydrogens (tertiary/aromatic N) is 6. The van der Waals surface area contributed by atoms with Gasteiger partial charge in [0, 0.05) is 25.2 Å². The van der Waals surface area contributed by atoms with Crippen LogP contribution in [0.2, 0.25) is 0 Å². The molecule has 1 aliphatic rings. The number of benzene rings is 1. The fourth-order valence-corrected chi connectivity index (χ4v) is 4.82. The number of hydrogen-bond donors (Lipinski definition) is 0. The molecule has 0 aliphatic carbocycles. The number of hydrogen-bond acceptors (Lipinski definition) is 6. The lowest BCUT2D eigenvalue weighted by Crippen LogP contribution is -2.34. The Labute approximate surface area is 225 Å². The smallest absolute Gasteiger partial charge is 0.415 e. The summed E-state index contributed by atoms with van der Waals surface area (Å²) in [7, 11) is 3.45. The first-order valence-corrected chi connectivity index (χ1v) is 12.6. The summed E-state index contributed by atoms with van der Waals surface area (Å²) < 4.78 is 35.8. The van der Waals surface area contributed by atoms with Crippen LogP contribution in [-0.4, -0.2) is 56.3 Å². The minimum Gasteiger partial charge on any atom is -0.443 e. The quantitative estimate of drug-likeness (QED) is 0.308. The Balaban J connectivity index is 1.76. The van der Waals surface area contributed by atoms with Crippen LogP contribution in [0.25, 0.3) is 38.2 Å². The van der Waals surface area contributed by atoms with Crippen molar-refractivity contribution in [3.8, 4) is 11.3 Å². The number of carbonyl (C=O) groups excluding carboxylic acids is 1. The van der Waals surface area contributed by atoms with Gasteiger partial charge in [-0.3, -0.25) is 4.90 Å². The van der Waals surface area contributed by atoms with Crippen LogP contribution >= 0.6 is 0 Å². The summed E-state index contributed by atoms with van der Waals surface area (Å²) in [6, 6.07) is 6.15. The number of imidazole rings is 1. The van der Waals surface area contributed by atoms with Gasteiger partial charge in [0.2, 0.25) is 0 Å². The third-order valence-electron chi connectivity index (χ3n) is 6.43. The molecule has 5 rings (SSSR count). The SMILES string of the molecule is [C-]#[N+]c1cc(F)cc(-c2cc3c4c(ncn4C)c(N(C)C(=O)OC(C)(C)C)nc3n2C[C@H]2COC(C)(C)O2)c1. The second kappa shape index (κ2) is 9.32. The zero-order chi connectivity index (χ0) is 28.3. The largest absolute Gasteiger partial charge is 0.443 e. The predicted molar refractivity (Wildman–Crippen MR) is 145 cm³/mol. The maximum absolute atomic E-state index is 14.6. The molecule has 1 amide bonds. The van der Waals surface area contributed by atoms with Gasteiger partial charge in [-0.25, -0.2) is 24.0 Å². The zero-order valence-electron chi connectivity index (χ0n) is 23.1. The third kappa shape index (κ3) is 5.05. The number of anilines is 1. The highest BCUT2D eigenvalue weighted by atomic mass is 19.1. The average Bonchev–Trinajstić information content (AvgIpc) is 3.51. The molecule has 39 heavy (non-hydrogen) atoms. The number of aromatic nitrogens is 4. The van der Waals surface area contributed by atoms with E-state index in [9.17, 15) is 9.18 Å². The molecule has 0 unspecified atom stereocenters. The maximum atomic E-state index is 14.6. The standard InChI is InChI=1S/C28H31FN6O4/c1-27(2,3)39-26(36)34(8)25-22-23(33(7)15-31-22)20-12-21(16-9-17(29)11-18(10-16)30-6)35(24(20)32-25)13-19-14-37-28(4,5)38-19/h9-12,15,19H,13-14H2,1-5,7-8H3/t19-/m0/s1. The van der Waals surface area contributed by atoms with Crippen LogP contribution in [0.1, 0.15) is 34.6 Å². The van der Waals surface area contributed by atoms with Gasteiger partial charge in [0.05, 0.1) is 31.6 Å². The summed E-state index contributed by atoms with van der Waals surface area (Å²) in [4.78, 5) is 27.3. The first kappa shape index (κ1) is 26.6. The lowest BCUT2D eigenvalue weighted by Gasteiger charge is -2.24. The van der Waals surface area contributed by atoms with Gasteiger partial charge in [-0.1, -0.05) is 0 Å². The van der Waals surface area contributed by atoms with E-state index >= 15 is 0 Å². The summed E-state index contributed by atoms with van der Waals surface area (Å²) >= 11 is 0. The van der Waals surface area contributed by atoms with E-state index in [4.69, 9.17) is 25.8 Å². The fraction of sp³-hybridized carbons (Fsp3) is 0.429. The average molecular weight is 535 g/mol. The Hall–Kier alpha value is -4.01. The number of ether oxygens (including phenoxy) is 3. The predicted octanol–water partition coefficient (Wildman–Crippen LogP) is 5.80. The number of pyridine rings is 1. The molecule has 0 N–H and O–H groups in total. The van der Waals surface area contributed by atoms with Gasteiger partial charge in [0.15, 0.2) is 17.3 Å². The van der Waals surface area contributed by atoms with E-state index in [1.54, 1.807) is 40.2 Å². The van der Waals surface area contributed by atoms with Crippen molar-refractivity contribution < 1.29 is 23.4 Å². The van der Waals surface area contributed by atoms with E-state index < -0.39 is 23.3 Å². The molecule has 4 aromatic rings. The van der Waals surface area contributed by atoms with Crippen molar-refractivity contribution >= 4 is 39.7 Å². The van der Waals surface area contributed by atoms with Crippen LogP contribution < -0.4 is 4.90 Å². The molecule has 204 valence electrons. The van der Waals surface area contributed by atoms with Gasteiger partial charge in [0.25, 0.3) is 0 Å². The highest BCUT2D eigenvalue weighted by Gasteiger charge is 2.34. The number of fused-ring (bicyclic) bond motifs is 3. The molecular formula is C28H31FN6O4. The van der Waals surface area contributed by atoms with Crippen molar-refractivity contribution in [2.75, 3.05) is 18.6 Å². The highest BCUT2D eigenvalue weighted by molar-refractivity contribution is 6.10. The van der Waals surface area contributed by atoms with Crippen LogP contribution in [0, 0.1) is 12.4 Å². The third-order valence-corrected chi connectivity index (χ3v) is 6.43. The highest BCUT2D eigenvalue weighted by Crippen LogP contribution is 2.38. The van der Waals surface area contributed by atoms with Gasteiger partial charge in [-0.2, -0.15) is 0 Å². The molecule has 1 saturated heterocycles. The molecule has 0 saturated carbocycles. The first-order valence-electron chi connectivity index (χ1n) is 12.6. The molecule has 0 bridgehead atoms. The minimum absolute atomic E-state index is 0.187. The van der Waals surface area contributed by atoms with Gasteiger partial charge in [0.1, 0.15) is 28.7 Å². The maximum Gasteiger partial charge on any atom is 0.415 e. The fourth-order valence-electron chi connectivity index (χ4n) is 4.82. The monoisotopic (exact) mass is 534 g/mol. The van der Waals surface area contributed by atoms with Crippen LogP contribution in [0.5, 0.6) is 0 Å². The van der Waals surface area contributed by atoms with Crippen molar-refractivity contribution in [3.63, 3.8) is 0 Å². The molecule has 3 aromatic heterocycles. The molecule has 1 fully saturated rings. The summed E-state index contributed by atoms with van der Waals surface area (Å²) in [5, 5.41) is 0.758. The lowest BCUT2D eigenvalue weighted by molar-refractivity contribution is -0.139. The Kier molecular flexibility index (Phi) is 6.36. The van der Waals surface area contributed by atoms with Gasteiger partial charge in [-0.05, 0) is 64.4 Å². The molecule has 4 heterocycles. The molecule has 1 aliphatic heterocycles. The van der Waals surface area contributed by atoms with Gasteiger partial charge < -0.3 is 23.3 Å². The normalized spacial score (nSPS) is 17.1. The van der Waals surface area contributed by atoms with E-state index in [-0.39, 0.29) is 11.8 Å². The molecule has 11 heteroatoms. The van der Waals surface area contributed by atoms with Crippen molar-refractivity contribution in [1.29, 1.82) is 0 Å². The van der Waals surface area contributed by atoms with Crippen LogP contribution in [0.15, 0.2) is 30.6 Å². The summed E-state index contributed by atoms with van der Waals surface area (Å²) in [5.74, 6) is -0.932. The van der Waals surface area contributed by atoms with Crippen LogP contribution in [0.4, 0.5) is 20.7 Å². The van der Waals surface area contributed by atoms with Gasteiger partial charge >= 0.3 is 6.09 Å². The molecule has 10 nitrogen and oxygen atoms in total. The molecular weight excluding hydrogens is 503 g/mol. The number of amides is 1. The Bertz CT molecular complexity index is 1640. The van der Waals surface area contributed by atoms with Crippen molar-refractivity contribution in [3.05, 3.63) is 47.8 Å². The number of halogens is 1. The Morgan fingerprint density at radius 2 is 2.05 bits per heavy atom. The van der Waals surface area contributed by atoms with Crippen molar-refractivity contribution in [1.82, 2.24) is 19.1 Å². The Morgan fingerprint density at radius 3 is 2.69 bits per heavy atom. The lowest BCUT2D eigenvalue weighted by atomic mass is 10.1. The van der Waals surface area contributed by atoms with E-state index in [0.29, 0.717) is 41.4 Å². The summed E-state index contributed by atoms with van der Waals surface area (Å²) in [6.07, 6.45) is 0.783. The van der Waals surface area contributed by atoms with E-state index in [2.05, 4.69) is 9.83 Å². The topological polar surface area (TPSA) is 88.0 Å². The second-order valence-corrected chi connectivity index (χ2v) is 11.2. The number of carbonyl (C=O) groups is 1. The first-order chi connectivity index (χ1) is 18.3. The molecule has 0 radical (unpaired) electrons. The zero-order valence-corrected chi connectivity index (χ0v) is 23.1. The van der Waals surface area contributed by atoms with E-state index in [0.717, 1.165) is 10.9 Å². The number of rotatable bonds is 4. The summed E-state index contributed by atoms with van der Waals surface area (Å²) in [6.45, 7) is 17.2. The minimum atomic E-state index is -0.741. The molecule has 0 spiro atoms. The van der Waals surface area contributed by atoms with Crippen LogP contribution in [0.3, 0.4) is 0 Å². The molecule has 1 aromatic carbocycles. The Morgan fingerprint density at radius 1 is 1.31 bits per heavy atom. The van der Waals surface area contributed by atoms with Crippen LogP contribution in [-0.2, 0) is 27.8 Å². The number of aryl methyl sites for hydroxylation is 1.